The summed E-state index contributed by atoms with van der Waals surface area (Å²) in [6.07, 6.45) is -0.382. The fraction of sp³-hybridized carbons (Fsp3) is 0.750. The molecule has 2 aliphatic rings. The molecule has 4 nitrogen and oxygen atoms in total. The molecule has 0 aromatic heterocycles. The van der Waals surface area contributed by atoms with Crippen LogP contribution in [0.2, 0.25) is 0 Å². The van der Waals surface area contributed by atoms with Crippen molar-refractivity contribution in [3.05, 3.63) is 0 Å². The highest BCUT2D eigenvalue weighted by atomic mass is 16.6. The van der Waals surface area contributed by atoms with Gasteiger partial charge in [0.05, 0.1) is 24.0 Å². The molecule has 0 spiro atoms. The third kappa shape index (κ3) is 0.813. The van der Waals surface area contributed by atoms with Crippen molar-refractivity contribution in [1.82, 2.24) is 0 Å². The first-order chi connectivity index (χ1) is 5.61. The lowest BCUT2D eigenvalue weighted by molar-refractivity contribution is -0.157. The second-order valence-electron chi connectivity index (χ2n) is 3.34. The highest BCUT2D eigenvalue weighted by Crippen LogP contribution is 2.38. The lowest BCUT2D eigenvalue weighted by Crippen LogP contribution is -2.22. The van der Waals surface area contributed by atoms with Crippen LogP contribution in [0.3, 0.4) is 0 Å². The molecular weight excluding hydrogens is 160 g/mol. The van der Waals surface area contributed by atoms with Crippen molar-refractivity contribution in [2.24, 2.45) is 11.8 Å². The summed E-state index contributed by atoms with van der Waals surface area (Å²) in [6, 6.07) is 0. The molecule has 2 aliphatic heterocycles. The predicted molar refractivity (Wildman–Crippen MR) is 38.1 cm³/mol. The molecule has 0 radical (unpaired) electrons. The summed E-state index contributed by atoms with van der Waals surface area (Å²) in [6.45, 7) is 3.59. The van der Waals surface area contributed by atoms with E-state index in [1.165, 1.54) is 0 Å². The molecule has 0 bridgehead atoms. The molecule has 0 aromatic carbocycles. The van der Waals surface area contributed by atoms with Crippen molar-refractivity contribution in [2.45, 2.75) is 26.1 Å². The van der Waals surface area contributed by atoms with Gasteiger partial charge < -0.3 is 9.47 Å². The van der Waals surface area contributed by atoms with Crippen LogP contribution in [0.4, 0.5) is 0 Å². The van der Waals surface area contributed by atoms with Gasteiger partial charge in [-0.25, -0.2) is 0 Å². The molecule has 0 N–H and O–H groups in total. The van der Waals surface area contributed by atoms with E-state index in [0.717, 1.165) is 0 Å². The van der Waals surface area contributed by atoms with Gasteiger partial charge in [0.2, 0.25) is 0 Å². The van der Waals surface area contributed by atoms with Crippen LogP contribution in [-0.2, 0) is 19.1 Å². The molecule has 4 atom stereocenters. The quantitative estimate of drug-likeness (QED) is 0.382. The number of hydrogen-bond acceptors (Lipinski definition) is 4. The van der Waals surface area contributed by atoms with Gasteiger partial charge in [-0.2, -0.15) is 0 Å². The smallest absolute Gasteiger partial charge is 0.320 e. The molecule has 4 heteroatoms. The Morgan fingerprint density at radius 3 is 1.83 bits per heavy atom. The number of esters is 2. The van der Waals surface area contributed by atoms with Crippen LogP contribution < -0.4 is 0 Å². The maximum atomic E-state index is 11.1. The summed E-state index contributed by atoms with van der Waals surface area (Å²) in [5.41, 5.74) is 0. The Hall–Kier alpha value is -0.900. The van der Waals surface area contributed by atoms with Gasteiger partial charge in [0.1, 0.15) is 0 Å². The maximum absolute atomic E-state index is 11.1. The Morgan fingerprint density at radius 1 is 1.00 bits per heavy atom. The van der Waals surface area contributed by atoms with Crippen LogP contribution in [0.1, 0.15) is 13.8 Å². The Kier molecular flexibility index (Phi) is 1.48. The van der Waals surface area contributed by atoms with E-state index in [2.05, 4.69) is 4.74 Å². The van der Waals surface area contributed by atoms with Gasteiger partial charge >= 0.3 is 11.9 Å². The standard InChI is InChI=1S/C8H10O4/c1-3-5-6(4(2)11-3)8(10)12-7(5)9/h3-6H,1-2H3/t3?,4?,5-,6+. The van der Waals surface area contributed by atoms with Gasteiger partial charge in [0.15, 0.2) is 0 Å². The van der Waals surface area contributed by atoms with E-state index in [-0.39, 0.29) is 24.0 Å². The second-order valence-corrected chi connectivity index (χ2v) is 3.34. The van der Waals surface area contributed by atoms with Gasteiger partial charge in [0, 0.05) is 0 Å². The molecule has 2 saturated heterocycles. The first kappa shape index (κ1) is 7.73. The lowest BCUT2D eigenvalue weighted by Gasteiger charge is -2.07. The van der Waals surface area contributed by atoms with Crippen molar-refractivity contribution < 1.29 is 19.1 Å². The van der Waals surface area contributed by atoms with E-state index in [9.17, 15) is 9.59 Å². The fourth-order valence-corrected chi connectivity index (χ4v) is 2.00. The zero-order chi connectivity index (χ0) is 8.88. The third-order valence-corrected chi connectivity index (χ3v) is 2.57. The number of carbonyl (C=O) groups is 2. The van der Waals surface area contributed by atoms with Crippen LogP contribution in [0.15, 0.2) is 0 Å². The van der Waals surface area contributed by atoms with Gasteiger partial charge in [-0.15, -0.1) is 0 Å². The minimum Gasteiger partial charge on any atom is -0.393 e. The molecule has 0 saturated carbocycles. The minimum atomic E-state index is -0.429. The predicted octanol–water partition coefficient (Wildman–Crippen LogP) is 0.109. The summed E-state index contributed by atoms with van der Waals surface area (Å²) in [5.74, 6) is -1.59. The second kappa shape index (κ2) is 2.29. The van der Waals surface area contributed by atoms with E-state index >= 15 is 0 Å². The fourth-order valence-electron chi connectivity index (χ4n) is 2.00. The third-order valence-electron chi connectivity index (χ3n) is 2.57. The van der Waals surface area contributed by atoms with Gasteiger partial charge in [-0.1, -0.05) is 0 Å². The van der Waals surface area contributed by atoms with Crippen LogP contribution in [0.5, 0.6) is 0 Å². The van der Waals surface area contributed by atoms with Gasteiger partial charge in [-0.3, -0.25) is 9.59 Å². The van der Waals surface area contributed by atoms with E-state index < -0.39 is 11.9 Å². The average molecular weight is 170 g/mol. The Labute approximate surface area is 69.8 Å². The molecule has 0 amide bonds. The first-order valence-electron chi connectivity index (χ1n) is 4.02. The Balaban J connectivity index is 2.32. The largest absolute Gasteiger partial charge is 0.393 e. The lowest BCUT2D eigenvalue weighted by atomic mass is 9.91. The van der Waals surface area contributed by atoms with E-state index in [1.807, 2.05) is 0 Å². The summed E-state index contributed by atoms with van der Waals surface area (Å²) < 4.78 is 9.86. The number of carbonyl (C=O) groups excluding carboxylic acids is 2. The van der Waals surface area contributed by atoms with E-state index in [1.54, 1.807) is 13.8 Å². The Morgan fingerprint density at radius 2 is 1.42 bits per heavy atom. The average Bonchev–Trinajstić information content (AvgIpc) is 2.38. The summed E-state index contributed by atoms with van der Waals surface area (Å²) in [5, 5.41) is 0. The van der Waals surface area contributed by atoms with Gasteiger partial charge in [0.25, 0.3) is 0 Å². The first-order valence-corrected chi connectivity index (χ1v) is 4.02. The monoisotopic (exact) mass is 170 g/mol. The van der Waals surface area contributed by atoms with Crippen molar-refractivity contribution in [3.63, 3.8) is 0 Å². The van der Waals surface area contributed by atoms with E-state index in [4.69, 9.17) is 4.74 Å². The molecule has 12 heavy (non-hydrogen) atoms. The maximum Gasteiger partial charge on any atom is 0.320 e. The number of rotatable bonds is 0. The number of fused-ring (bicyclic) bond motifs is 1. The molecule has 2 unspecified atom stereocenters. The molecule has 2 rings (SSSR count). The Bertz CT molecular complexity index is 223. The van der Waals surface area contributed by atoms with Gasteiger partial charge in [-0.05, 0) is 13.8 Å². The van der Waals surface area contributed by atoms with Crippen LogP contribution >= 0.6 is 0 Å². The van der Waals surface area contributed by atoms with Crippen LogP contribution in [0.25, 0.3) is 0 Å². The van der Waals surface area contributed by atoms with Crippen molar-refractivity contribution in [1.29, 1.82) is 0 Å². The number of hydrogen-bond donors (Lipinski definition) is 0. The summed E-state index contributed by atoms with van der Waals surface area (Å²) in [4.78, 5) is 22.2. The van der Waals surface area contributed by atoms with Crippen LogP contribution in [-0.4, -0.2) is 24.1 Å². The molecule has 0 aliphatic carbocycles. The summed E-state index contributed by atoms with van der Waals surface area (Å²) in [7, 11) is 0. The zero-order valence-electron chi connectivity index (χ0n) is 6.94. The summed E-state index contributed by atoms with van der Waals surface area (Å²) >= 11 is 0. The molecular formula is C8H10O4. The van der Waals surface area contributed by atoms with Crippen molar-refractivity contribution in [2.75, 3.05) is 0 Å². The minimum absolute atomic E-state index is 0.191. The molecule has 66 valence electrons. The molecule has 2 heterocycles. The zero-order valence-corrected chi connectivity index (χ0v) is 6.94. The van der Waals surface area contributed by atoms with Crippen LogP contribution in [0, 0.1) is 11.8 Å². The van der Waals surface area contributed by atoms with E-state index in [0.29, 0.717) is 0 Å². The molecule has 2 fully saturated rings. The highest BCUT2D eigenvalue weighted by molar-refractivity contribution is 5.97. The SMILES string of the molecule is CC1OC(C)[C@@H]2C(=O)OC(=O)[C@H]12. The van der Waals surface area contributed by atoms with Crippen molar-refractivity contribution in [3.8, 4) is 0 Å². The topological polar surface area (TPSA) is 52.6 Å². The highest BCUT2D eigenvalue weighted by Gasteiger charge is 2.55. The normalized spacial score (nSPS) is 46.2. The number of cyclic esters (lactones) is 2. The number of ether oxygens (including phenoxy) is 2. The molecule has 0 aromatic rings. The van der Waals surface area contributed by atoms with Crippen molar-refractivity contribution >= 4 is 11.9 Å².